The van der Waals surface area contributed by atoms with Crippen LogP contribution in [0.2, 0.25) is 0 Å². The van der Waals surface area contributed by atoms with Crippen molar-refractivity contribution < 1.29 is 9.59 Å². The molecule has 2 heterocycles. The van der Waals surface area contributed by atoms with E-state index in [9.17, 15) is 9.59 Å². The lowest BCUT2D eigenvalue weighted by atomic mass is 9.81. The Balaban J connectivity index is 1.31. The molecule has 140 valence electrons. The van der Waals surface area contributed by atoms with E-state index in [2.05, 4.69) is 29.6 Å². The molecule has 1 aromatic carbocycles. The summed E-state index contributed by atoms with van der Waals surface area (Å²) in [5.41, 5.74) is 2.92. The van der Waals surface area contributed by atoms with Gasteiger partial charge in [-0.05, 0) is 42.7 Å². The third-order valence-electron chi connectivity index (χ3n) is 5.76. The van der Waals surface area contributed by atoms with Crippen LogP contribution in [-0.4, -0.2) is 51.9 Å². The Hall–Kier alpha value is -0.980. The fraction of sp³-hybridized carbons (Fsp3) is 0.600. The highest BCUT2D eigenvalue weighted by Crippen LogP contribution is 2.31. The first-order valence-electron chi connectivity index (χ1n) is 9.53. The lowest BCUT2D eigenvalue weighted by molar-refractivity contribution is -0.133. The van der Waals surface area contributed by atoms with Crippen LogP contribution in [0.15, 0.2) is 24.3 Å². The third-order valence-corrected chi connectivity index (χ3v) is 7.96. The maximum absolute atomic E-state index is 12.8. The number of hydrogen-bond donors (Lipinski definition) is 1. The Morgan fingerprint density at radius 1 is 1.23 bits per heavy atom. The number of benzene rings is 1. The molecule has 3 aliphatic rings. The monoisotopic (exact) mass is 390 g/mol. The minimum atomic E-state index is -0.321. The van der Waals surface area contributed by atoms with Crippen LogP contribution in [0.4, 0.5) is 0 Å². The second kappa shape index (κ2) is 8.36. The fourth-order valence-corrected chi connectivity index (χ4v) is 6.34. The summed E-state index contributed by atoms with van der Waals surface area (Å²) in [6.07, 6.45) is 4.94. The quantitative estimate of drug-likeness (QED) is 0.838. The molecule has 3 atom stereocenters. The largest absolute Gasteiger partial charge is 0.331 e. The topological polar surface area (TPSA) is 49.4 Å². The first-order valence-corrected chi connectivity index (χ1v) is 11.7. The van der Waals surface area contributed by atoms with Crippen molar-refractivity contribution in [1.82, 2.24) is 10.2 Å². The molecule has 4 nitrogen and oxygen atoms in total. The van der Waals surface area contributed by atoms with Crippen LogP contribution < -0.4 is 5.32 Å². The van der Waals surface area contributed by atoms with Crippen LogP contribution in [0.1, 0.15) is 30.4 Å². The number of nitrogens with zero attached hydrogens (tertiary/aromatic N) is 1. The summed E-state index contributed by atoms with van der Waals surface area (Å²) in [5, 5.41) is 3.05. The number of thioether (sulfide) groups is 2. The van der Waals surface area contributed by atoms with Crippen LogP contribution in [0.5, 0.6) is 0 Å². The molecule has 1 aromatic rings. The van der Waals surface area contributed by atoms with E-state index in [1.54, 1.807) is 23.5 Å². The number of nitrogens with one attached hydrogen (secondary N) is 1. The number of carbonyl (C=O) groups excluding carboxylic acids is 2. The first kappa shape index (κ1) is 18.4. The number of fused-ring (bicyclic) bond motifs is 1. The van der Waals surface area contributed by atoms with Gasteiger partial charge in [-0.2, -0.15) is 0 Å². The summed E-state index contributed by atoms with van der Waals surface area (Å²) in [5.74, 6) is 3.44. The van der Waals surface area contributed by atoms with Gasteiger partial charge in [-0.1, -0.05) is 24.3 Å². The molecule has 2 saturated heterocycles. The summed E-state index contributed by atoms with van der Waals surface area (Å²) in [4.78, 5) is 27.4. The highest BCUT2D eigenvalue weighted by Gasteiger charge is 2.40. The van der Waals surface area contributed by atoms with Crippen molar-refractivity contribution in [1.29, 1.82) is 0 Å². The number of amides is 1. The molecule has 0 radical (unpaired) electrons. The predicted molar refractivity (Wildman–Crippen MR) is 108 cm³/mol. The van der Waals surface area contributed by atoms with Crippen molar-refractivity contribution in [3.05, 3.63) is 35.4 Å². The van der Waals surface area contributed by atoms with Crippen molar-refractivity contribution in [2.75, 3.05) is 24.1 Å². The van der Waals surface area contributed by atoms with Gasteiger partial charge in [0.15, 0.2) is 0 Å². The number of hydrogen-bond acceptors (Lipinski definition) is 5. The number of rotatable bonds is 5. The van der Waals surface area contributed by atoms with Crippen molar-refractivity contribution >= 4 is 35.2 Å². The summed E-state index contributed by atoms with van der Waals surface area (Å²) < 4.78 is 0. The average molecular weight is 391 g/mol. The Kier molecular flexibility index (Phi) is 5.91. The molecular weight excluding hydrogens is 364 g/mol. The number of aryl methyl sites for hydroxylation is 1. The molecule has 1 amide bonds. The normalized spacial score (nSPS) is 28.2. The van der Waals surface area contributed by atoms with Crippen molar-refractivity contribution in [2.24, 2.45) is 5.92 Å². The van der Waals surface area contributed by atoms with Crippen LogP contribution in [0.3, 0.4) is 0 Å². The van der Waals surface area contributed by atoms with E-state index in [0.29, 0.717) is 18.2 Å². The van der Waals surface area contributed by atoms with Crippen LogP contribution >= 0.6 is 23.5 Å². The molecule has 6 heteroatoms. The maximum atomic E-state index is 12.8. The van der Waals surface area contributed by atoms with Gasteiger partial charge in [-0.3, -0.25) is 14.9 Å². The van der Waals surface area contributed by atoms with Crippen molar-refractivity contribution in [2.45, 2.75) is 43.4 Å². The molecule has 2 unspecified atom stereocenters. The van der Waals surface area contributed by atoms with Gasteiger partial charge in [-0.25, -0.2) is 0 Å². The van der Waals surface area contributed by atoms with Crippen molar-refractivity contribution in [3.8, 4) is 0 Å². The molecule has 2 fully saturated rings. The van der Waals surface area contributed by atoms with E-state index in [-0.39, 0.29) is 23.0 Å². The van der Waals surface area contributed by atoms with E-state index in [1.165, 1.54) is 17.5 Å². The van der Waals surface area contributed by atoms with Crippen LogP contribution in [-0.2, 0) is 22.4 Å². The van der Waals surface area contributed by atoms with Crippen molar-refractivity contribution in [3.63, 3.8) is 0 Å². The number of Topliss-reactive ketones (excluding diaryl/α,β-unsaturated/α-hetero) is 1. The summed E-state index contributed by atoms with van der Waals surface area (Å²) >= 11 is 3.39. The van der Waals surface area contributed by atoms with Gasteiger partial charge < -0.3 is 4.90 Å². The van der Waals surface area contributed by atoms with Gasteiger partial charge in [0.25, 0.3) is 0 Å². The highest BCUT2D eigenvalue weighted by atomic mass is 32.2. The van der Waals surface area contributed by atoms with E-state index < -0.39 is 0 Å². The maximum Gasteiger partial charge on any atom is 0.242 e. The summed E-state index contributed by atoms with van der Waals surface area (Å²) in [7, 11) is 0. The summed E-state index contributed by atoms with van der Waals surface area (Å²) in [6, 6.07) is 8.36. The number of ketones is 1. The molecule has 2 aliphatic heterocycles. The SMILES string of the molecule is O=C(CCC1CCc2ccccc2C1)C1SCN[C@@H]1C(=O)N1CCSC1. The van der Waals surface area contributed by atoms with Gasteiger partial charge in [0.05, 0.1) is 11.1 Å². The standard InChI is InChI=1S/C20H26N2O2S2/c23-17(8-6-14-5-7-15-3-1-2-4-16(15)11-14)19-18(21-12-26-19)20(24)22-9-10-25-13-22/h1-4,14,18-19,21H,5-13H2/t14?,18-,19?/m0/s1. The molecule has 1 aliphatic carbocycles. The zero-order valence-corrected chi connectivity index (χ0v) is 16.6. The number of carbonyl (C=O) groups is 2. The Morgan fingerprint density at radius 3 is 2.88 bits per heavy atom. The smallest absolute Gasteiger partial charge is 0.242 e. The van der Waals surface area contributed by atoms with E-state index in [1.807, 2.05) is 4.90 Å². The fourth-order valence-electron chi connectivity index (χ4n) is 4.22. The molecule has 0 bridgehead atoms. The Bertz CT molecular complexity index is 676. The lowest BCUT2D eigenvalue weighted by Gasteiger charge is -2.25. The van der Waals surface area contributed by atoms with E-state index >= 15 is 0 Å². The Morgan fingerprint density at radius 2 is 2.08 bits per heavy atom. The minimum Gasteiger partial charge on any atom is -0.331 e. The second-order valence-electron chi connectivity index (χ2n) is 7.43. The second-order valence-corrected chi connectivity index (χ2v) is 9.64. The Labute approximate surface area is 163 Å². The molecule has 0 aromatic heterocycles. The molecular formula is C20H26N2O2S2. The predicted octanol–water partition coefficient (Wildman–Crippen LogP) is 2.70. The van der Waals surface area contributed by atoms with Gasteiger partial charge in [-0.15, -0.1) is 23.5 Å². The molecule has 1 N–H and O–H groups in total. The molecule has 4 rings (SSSR count). The molecule has 26 heavy (non-hydrogen) atoms. The van der Waals surface area contributed by atoms with Gasteiger partial charge in [0.2, 0.25) is 5.91 Å². The third kappa shape index (κ3) is 3.97. The van der Waals surface area contributed by atoms with Gasteiger partial charge in [0, 0.05) is 24.6 Å². The van der Waals surface area contributed by atoms with Crippen LogP contribution in [0.25, 0.3) is 0 Å². The molecule has 0 saturated carbocycles. The van der Waals surface area contributed by atoms with E-state index in [0.717, 1.165) is 37.4 Å². The lowest BCUT2D eigenvalue weighted by Crippen LogP contribution is -2.49. The van der Waals surface area contributed by atoms with Crippen LogP contribution in [0, 0.1) is 5.92 Å². The molecule has 0 spiro atoms. The van der Waals surface area contributed by atoms with E-state index in [4.69, 9.17) is 0 Å². The minimum absolute atomic E-state index is 0.116. The zero-order valence-electron chi connectivity index (χ0n) is 15.0. The van der Waals surface area contributed by atoms with Gasteiger partial charge in [0.1, 0.15) is 11.8 Å². The summed E-state index contributed by atoms with van der Waals surface area (Å²) in [6.45, 7) is 0.814. The highest BCUT2D eigenvalue weighted by molar-refractivity contribution is 8.01. The van der Waals surface area contributed by atoms with Gasteiger partial charge >= 0.3 is 0 Å². The average Bonchev–Trinajstić information content (AvgIpc) is 3.37. The zero-order chi connectivity index (χ0) is 17.9. The first-order chi connectivity index (χ1) is 12.7.